The number of methoxy groups -OCH3 is 1. The summed E-state index contributed by atoms with van der Waals surface area (Å²) in [6.07, 6.45) is 11.0. The topological polar surface area (TPSA) is 131 Å². The number of nitrogens with two attached hydrogens (primary N) is 1. The Morgan fingerprint density at radius 3 is 2.44 bits per heavy atom. The van der Waals surface area contributed by atoms with Gasteiger partial charge in [-0.1, -0.05) is 19.3 Å². The number of carbonyl (C=O) groups is 1. The molecular weight excluding hydrogens is 410 g/mol. The molecule has 0 atom stereocenters. The molecular formula is C22H25N7O3. The van der Waals surface area contributed by atoms with Gasteiger partial charge in [0, 0.05) is 31.0 Å². The average Bonchev–Trinajstić information content (AvgIpc) is 3.10. The highest BCUT2D eigenvalue weighted by Crippen LogP contribution is 2.32. The van der Waals surface area contributed by atoms with Crippen molar-refractivity contribution in [3.8, 4) is 17.3 Å². The fourth-order valence-electron chi connectivity index (χ4n) is 4.28. The summed E-state index contributed by atoms with van der Waals surface area (Å²) >= 11 is 0. The summed E-state index contributed by atoms with van der Waals surface area (Å²) in [6.45, 7) is 0. The highest BCUT2D eigenvalue weighted by Gasteiger charge is 2.23. The molecule has 4 aromatic rings. The zero-order chi connectivity index (χ0) is 22.7. The Morgan fingerprint density at radius 2 is 1.78 bits per heavy atom. The number of fused-ring (bicyclic) bond motifs is 3. The van der Waals surface area contributed by atoms with Crippen molar-refractivity contribution in [2.75, 3.05) is 7.11 Å². The number of imidazole rings is 1. The van der Waals surface area contributed by atoms with Crippen LogP contribution in [0.3, 0.4) is 0 Å². The van der Waals surface area contributed by atoms with Crippen LogP contribution in [-0.4, -0.2) is 42.6 Å². The van der Waals surface area contributed by atoms with Gasteiger partial charge in [-0.05, 0) is 25.0 Å². The van der Waals surface area contributed by atoms with Crippen LogP contribution in [0.25, 0.3) is 33.3 Å². The van der Waals surface area contributed by atoms with Crippen molar-refractivity contribution in [1.29, 1.82) is 0 Å². The second-order valence-corrected chi connectivity index (χ2v) is 7.65. The summed E-state index contributed by atoms with van der Waals surface area (Å²) in [4.78, 5) is 39.5. The Kier molecular flexibility index (Phi) is 6.11. The lowest BCUT2D eigenvalue weighted by Crippen LogP contribution is -2.27. The fraction of sp³-hybridized carbons (Fsp3) is 0.364. The van der Waals surface area contributed by atoms with Crippen LogP contribution in [0.1, 0.15) is 38.1 Å². The smallest absolute Gasteiger partial charge is 0.329 e. The Balaban J connectivity index is 0.000000775. The second kappa shape index (κ2) is 9.13. The number of ether oxygens (including phenoxy) is 1. The van der Waals surface area contributed by atoms with Gasteiger partial charge in [-0.15, -0.1) is 0 Å². The summed E-state index contributed by atoms with van der Waals surface area (Å²) in [5.41, 5.74) is 8.87. The minimum absolute atomic E-state index is 0.00110. The summed E-state index contributed by atoms with van der Waals surface area (Å²) in [5.74, 6) is 0. The summed E-state index contributed by atoms with van der Waals surface area (Å²) in [7, 11) is 3.34. The van der Waals surface area contributed by atoms with E-state index in [0.717, 1.165) is 59.0 Å². The van der Waals surface area contributed by atoms with Gasteiger partial charge < -0.3 is 10.5 Å². The van der Waals surface area contributed by atoms with E-state index in [2.05, 4.69) is 20.7 Å². The van der Waals surface area contributed by atoms with Gasteiger partial charge in [0.1, 0.15) is 5.52 Å². The number of amides is 1. The number of pyridine rings is 2. The summed E-state index contributed by atoms with van der Waals surface area (Å²) in [6, 6.07) is 4.36. The molecule has 166 valence electrons. The van der Waals surface area contributed by atoms with E-state index in [9.17, 15) is 4.79 Å². The first-order chi connectivity index (χ1) is 15.6. The minimum atomic E-state index is 0.00110. The fourth-order valence-corrected chi connectivity index (χ4v) is 4.28. The summed E-state index contributed by atoms with van der Waals surface area (Å²) in [5, 5.41) is 0. The van der Waals surface area contributed by atoms with Gasteiger partial charge in [0.05, 0.1) is 35.6 Å². The van der Waals surface area contributed by atoms with E-state index >= 15 is 0 Å². The minimum Gasteiger partial charge on any atom is -0.467 e. The number of nitrogens with zero attached hydrogens (tertiary/aromatic N) is 6. The van der Waals surface area contributed by atoms with Crippen LogP contribution in [0.15, 0.2) is 35.5 Å². The number of aromatic nitrogens is 6. The predicted octanol–water partition coefficient (Wildman–Crippen LogP) is 2.36. The zero-order valence-corrected chi connectivity index (χ0v) is 18.1. The Bertz CT molecular complexity index is 1310. The molecule has 1 fully saturated rings. The van der Waals surface area contributed by atoms with Crippen molar-refractivity contribution < 1.29 is 9.53 Å². The van der Waals surface area contributed by atoms with Crippen LogP contribution in [0.2, 0.25) is 0 Å². The number of carbonyl (C=O) groups excluding carboxylic acids is 1. The molecule has 0 radical (unpaired) electrons. The maximum atomic E-state index is 13.1. The van der Waals surface area contributed by atoms with Crippen LogP contribution >= 0.6 is 0 Å². The van der Waals surface area contributed by atoms with Gasteiger partial charge in [0.15, 0.2) is 0 Å². The van der Waals surface area contributed by atoms with Crippen molar-refractivity contribution in [2.45, 2.75) is 38.1 Å². The van der Waals surface area contributed by atoms with Crippen molar-refractivity contribution in [3.63, 3.8) is 0 Å². The third-order valence-corrected chi connectivity index (χ3v) is 5.81. The van der Waals surface area contributed by atoms with E-state index in [1.807, 2.05) is 16.7 Å². The molecule has 2 N–H and O–H groups in total. The van der Waals surface area contributed by atoms with Gasteiger partial charge in [0.2, 0.25) is 6.41 Å². The third-order valence-electron chi connectivity index (χ3n) is 5.81. The summed E-state index contributed by atoms with van der Waals surface area (Å²) < 4.78 is 8.66. The largest absolute Gasteiger partial charge is 0.467 e. The molecule has 0 aliphatic heterocycles. The van der Waals surface area contributed by atoms with Gasteiger partial charge in [0.25, 0.3) is 0 Å². The molecule has 4 aromatic heterocycles. The van der Waals surface area contributed by atoms with E-state index in [4.69, 9.17) is 14.5 Å². The van der Waals surface area contributed by atoms with Crippen LogP contribution in [0.4, 0.5) is 0 Å². The van der Waals surface area contributed by atoms with Crippen LogP contribution in [0, 0.1) is 0 Å². The van der Waals surface area contributed by atoms with Crippen molar-refractivity contribution in [3.05, 3.63) is 41.2 Å². The Hall–Kier alpha value is -3.82. The number of aryl methyl sites for hydroxylation is 1. The molecule has 1 aliphatic carbocycles. The van der Waals surface area contributed by atoms with Gasteiger partial charge in [-0.25, -0.2) is 19.7 Å². The molecule has 0 saturated heterocycles. The highest BCUT2D eigenvalue weighted by atomic mass is 16.5. The van der Waals surface area contributed by atoms with Gasteiger partial charge in [-0.2, -0.15) is 0 Å². The van der Waals surface area contributed by atoms with E-state index in [0.29, 0.717) is 6.01 Å². The number of primary amides is 1. The Morgan fingerprint density at radius 1 is 1.09 bits per heavy atom. The predicted molar refractivity (Wildman–Crippen MR) is 120 cm³/mol. The molecule has 32 heavy (non-hydrogen) atoms. The first-order valence-electron chi connectivity index (χ1n) is 10.5. The highest BCUT2D eigenvalue weighted by molar-refractivity contribution is 6.00. The van der Waals surface area contributed by atoms with Crippen LogP contribution < -0.4 is 16.2 Å². The molecule has 0 spiro atoms. The number of rotatable bonds is 3. The molecule has 1 aliphatic rings. The maximum Gasteiger partial charge on any atom is 0.329 e. The van der Waals surface area contributed by atoms with E-state index in [1.54, 1.807) is 30.2 Å². The molecule has 4 heterocycles. The first-order valence-corrected chi connectivity index (χ1v) is 10.5. The van der Waals surface area contributed by atoms with E-state index < -0.39 is 0 Å². The van der Waals surface area contributed by atoms with Crippen LogP contribution in [0.5, 0.6) is 6.01 Å². The van der Waals surface area contributed by atoms with Crippen LogP contribution in [-0.2, 0) is 11.8 Å². The molecule has 1 amide bonds. The standard InChI is InChI=1S/C21H22N6O2.CH3NO/c1-26-17-12-22-16-9-8-15(13-10-23-20(29-2)24-11-13)25-18(16)19(17)27(21(26)28)14-6-4-3-5-7-14;2-1-3/h8-12,14H,3-7H2,1-2H3;1H,(H2,2,3). The van der Waals surface area contributed by atoms with Crippen molar-refractivity contribution in [2.24, 2.45) is 12.8 Å². The molecule has 0 aromatic carbocycles. The SMILES string of the molecule is COc1ncc(-c2ccc3ncc4c(c3n2)n(C2CCCCC2)c(=O)n4C)cn1.NC=O. The zero-order valence-electron chi connectivity index (χ0n) is 18.1. The Labute approximate surface area is 184 Å². The van der Waals surface area contributed by atoms with Crippen molar-refractivity contribution in [1.82, 2.24) is 29.1 Å². The molecule has 10 heteroatoms. The van der Waals surface area contributed by atoms with E-state index in [-0.39, 0.29) is 18.1 Å². The number of hydrogen-bond donors (Lipinski definition) is 1. The normalized spacial score (nSPS) is 14.2. The van der Waals surface area contributed by atoms with Crippen molar-refractivity contribution >= 4 is 28.5 Å². The molecule has 0 bridgehead atoms. The lowest BCUT2D eigenvalue weighted by molar-refractivity contribution is -0.106. The lowest BCUT2D eigenvalue weighted by atomic mass is 9.95. The van der Waals surface area contributed by atoms with E-state index in [1.165, 1.54) is 13.5 Å². The molecule has 5 rings (SSSR count). The maximum absolute atomic E-state index is 13.1. The van der Waals surface area contributed by atoms with Gasteiger partial charge >= 0.3 is 11.7 Å². The number of hydrogen-bond acceptors (Lipinski definition) is 7. The lowest BCUT2D eigenvalue weighted by Gasteiger charge is -2.23. The molecule has 1 saturated carbocycles. The molecule has 0 unspecified atom stereocenters. The molecule has 10 nitrogen and oxygen atoms in total. The second-order valence-electron chi connectivity index (χ2n) is 7.65. The quantitative estimate of drug-likeness (QED) is 0.489. The van der Waals surface area contributed by atoms with Gasteiger partial charge in [-0.3, -0.25) is 18.9 Å². The first kappa shape index (κ1) is 21.4. The third kappa shape index (κ3) is 3.79. The average molecular weight is 435 g/mol. The monoisotopic (exact) mass is 435 g/mol.